The van der Waals surface area contributed by atoms with Crippen LogP contribution in [0.5, 0.6) is 0 Å². The van der Waals surface area contributed by atoms with Crippen LogP contribution < -0.4 is 5.32 Å². The predicted octanol–water partition coefficient (Wildman–Crippen LogP) is 4.30. The lowest BCUT2D eigenvalue weighted by molar-refractivity contribution is -0.120. The van der Waals surface area contributed by atoms with E-state index in [2.05, 4.69) is 26.1 Å². The van der Waals surface area contributed by atoms with Crippen LogP contribution in [0.15, 0.2) is 53.0 Å². The maximum atomic E-state index is 13.1. The molecule has 1 amide bonds. The van der Waals surface area contributed by atoms with Gasteiger partial charge in [-0.2, -0.15) is 0 Å². The Balaban J connectivity index is 1.46. The van der Waals surface area contributed by atoms with Gasteiger partial charge in [0.1, 0.15) is 5.25 Å². The first-order valence-corrected chi connectivity index (χ1v) is 12.1. The van der Waals surface area contributed by atoms with Crippen LogP contribution in [0.3, 0.4) is 0 Å². The van der Waals surface area contributed by atoms with Crippen molar-refractivity contribution in [1.82, 2.24) is 20.1 Å². The minimum absolute atomic E-state index is 0.0399. The molecule has 2 aromatic heterocycles. The minimum atomic E-state index is -0.365. The lowest BCUT2D eigenvalue weighted by Gasteiger charge is -2.18. The van der Waals surface area contributed by atoms with Crippen LogP contribution in [0, 0.1) is 0 Å². The van der Waals surface area contributed by atoms with Crippen molar-refractivity contribution in [3.63, 3.8) is 0 Å². The van der Waals surface area contributed by atoms with E-state index in [1.807, 2.05) is 41.8 Å². The number of ether oxygens (including phenoxy) is 1. The molecule has 1 aliphatic heterocycles. The van der Waals surface area contributed by atoms with Gasteiger partial charge in [-0.05, 0) is 42.7 Å². The first kappa shape index (κ1) is 19.8. The number of benzene rings is 1. The van der Waals surface area contributed by atoms with E-state index in [0.29, 0.717) is 12.6 Å². The van der Waals surface area contributed by atoms with Gasteiger partial charge in [-0.15, -0.1) is 21.5 Å². The number of carbonyl (C=O) groups is 1. The molecule has 0 unspecified atom stereocenters. The first-order chi connectivity index (χ1) is 14.8. The maximum Gasteiger partial charge on any atom is 0.238 e. The summed E-state index contributed by atoms with van der Waals surface area (Å²) >= 11 is 3.12. The standard InChI is InChI=1S/C22H24N4O2S2/c27-21(23-16-10-11-16)19(15-6-2-1-3-7-15)30-22-25-24-20(18-9-5-13-29-18)26(22)14-17-8-4-12-28-17/h1-3,5-7,9,13,16-17,19H,4,8,10-12,14H2,(H,23,27)/t17-,19+/m1/s1. The Morgan fingerprint density at radius 2 is 2.07 bits per heavy atom. The monoisotopic (exact) mass is 440 g/mol. The van der Waals surface area contributed by atoms with Gasteiger partial charge in [0, 0.05) is 12.6 Å². The van der Waals surface area contributed by atoms with Gasteiger partial charge >= 0.3 is 0 Å². The van der Waals surface area contributed by atoms with E-state index in [-0.39, 0.29) is 17.3 Å². The van der Waals surface area contributed by atoms with E-state index in [4.69, 9.17) is 4.74 Å². The Hall–Kier alpha value is -2.16. The summed E-state index contributed by atoms with van der Waals surface area (Å²) < 4.78 is 8.02. The van der Waals surface area contributed by atoms with E-state index in [0.717, 1.165) is 53.7 Å². The second kappa shape index (κ2) is 8.91. The lowest BCUT2D eigenvalue weighted by atomic mass is 10.1. The fraction of sp³-hybridized carbons (Fsp3) is 0.409. The summed E-state index contributed by atoms with van der Waals surface area (Å²) in [6, 6.07) is 14.3. The molecule has 1 N–H and O–H groups in total. The molecule has 0 radical (unpaired) electrons. The molecule has 3 heterocycles. The third-order valence-corrected chi connectivity index (χ3v) is 7.46. The molecule has 5 rings (SSSR count). The zero-order valence-electron chi connectivity index (χ0n) is 16.6. The number of aromatic nitrogens is 3. The van der Waals surface area contributed by atoms with Crippen molar-refractivity contribution >= 4 is 29.0 Å². The molecule has 2 aliphatic rings. The fourth-order valence-corrected chi connectivity index (χ4v) is 5.40. The molecule has 0 bridgehead atoms. The van der Waals surface area contributed by atoms with Crippen molar-refractivity contribution in [3.05, 3.63) is 53.4 Å². The average Bonchev–Trinajstić information content (AvgIpc) is 3.19. The van der Waals surface area contributed by atoms with E-state index >= 15 is 0 Å². The highest BCUT2D eigenvalue weighted by atomic mass is 32.2. The molecular weight excluding hydrogens is 416 g/mol. The normalized spacial score (nSPS) is 19.7. The number of hydrogen-bond acceptors (Lipinski definition) is 6. The number of nitrogens with zero attached hydrogens (tertiary/aromatic N) is 3. The molecule has 2 atom stereocenters. The van der Waals surface area contributed by atoms with Gasteiger partial charge in [-0.25, -0.2) is 0 Å². The Labute approximate surface area is 184 Å². The molecule has 1 aromatic carbocycles. The Morgan fingerprint density at radius 1 is 1.20 bits per heavy atom. The highest BCUT2D eigenvalue weighted by Crippen LogP contribution is 2.38. The average molecular weight is 441 g/mol. The molecule has 3 aromatic rings. The molecule has 1 aliphatic carbocycles. The number of nitrogens with one attached hydrogen (secondary N) is 1. The third kappa shape index (κ3) is 4.45. The molecule has 30 heavy (non-hydrogen) atoms. The second-order valence-electron chi connectivity index (χ2n) is 7.72. The molecule has 1 saturated carbocycles. The van der Waals surface area contributed by atoms with Crippen LogP contribution in [0.25, 0.3) is 10.7 Å². The predicted molar refractivity (Wildman–Crippen MR) is 119 cm³/mol. The van der Waals surface area contributed by atoms with E-state index in [1.165, 1.54) is 11.8 Å². The van der Waals surface area contributed by atoms with Crippen LogP contribution >= 0.6 is 23.1 Å². The summed E-state index contributed by atoms with van der Waals surface area (Å²) in [5, 5.41) is 14.6. The SMILES string of the molecule is O=C(NC1CC1)[C@@H](Sc1nnc(-c2cccs2)n1C[C@H]1CCCO1)c1ccccc1. The van der Waals surface area contributed by atoms with Crippen LogP contribution in [0.2, 0.25) is 0 Å². The van der Waals surface area contributed by atoms with E-state index < -0.39 is 0 Å². The minimum Gasteiger partial charge on any atom is -0.376 e. The zero-order chi connectivity index (χ0) is 20.3. The molecule has 1 saturated heterocycles. The van der Waals surface area contributed by atoms with Crippen molar-refractivity contribution in [1.29, 1.82) is 0 Å². The number of amides is 1. The van der Waals surface area contributed by atoms with Gasteiger partial charge in [-0.1, -0.05) is 48.2 Å². The van der Waals surface area contributed by atoms with Gasteiger partial charge in [0.2, 0.25) is 5.91 Å². The Kier molecular flexibility index (Phi) is 5.88. The summed E-state index contributed by atoms with van der Waals surface area (Å²) in [6.45, 7) is 1.51. The van der Waals surface area contributed by atoms with Gasteiger partial charge in [0.05, 0.1) is 17.5 Å². The van der Waals surface area contributed by atoms with Gasteiger partial charge in [-0.3, -0.25) is 9.36 Å². The summed E-state index contributed by atoms with van der Waals surface area (Å²) in [4.78, 5) is 14.2. The lowest BCUT2D eigenvalue weighted by Crippen LogP contribution is -2.30. The number of carbonyl (C=O) groups excluding carboxylic acids is 1. The summed E-state index contributed by atoms with van der Waals surface area (Å²) in [7, 11) is 0. The molecule has 2 fully saturated rings. The Bertz CT molecular complexity index is 980. The highest BCUT2D eigenvalue weighted by Gasteiger charge is 2.31. The van der Waals surface area contributed by atoms with Gasteiger partial charge < -0.3 is 10.1 Å². The van der Waals surface area contributed by atoms with Crippen molar-refractivity contribution in [2.75, 3.05) is 6.61 Å². The highest BCUT2D eigenvalue weighted by molar-refractivity contribution is 8.00. The van der Waals surface area contributed by atoms with Crippen LogP contribution in [0.4, 0.5) is 0 Å². The van der Waals surface area contributed by atoms with E-state index in [9.17, 15) is 4.79 Å². The molecular formula is C22H24N4O2S2. The molecule has 8 heteroatoms. The fourth-order valence-electron chi connectivity index (χ4n) is 3.63. The second-order valence-corrected chi connectivity index (χ2v) is 9.74. The number of thioether (sulfide) groups is 1. The van der Waals surface area contributed by atoms with Crippen molar-refractivity contribution < 1.29 is 9.53 Å². The molecule has 156 valence electrons. The topological polar surface area (TPSA) is 69.0 Å². The van der Waals surface area contributed by atoms with Crippen LogP contribution in [-0.2, 0) is 16.1 Å². The van der Waals surface area contributed by atoms with Crippen molar-refractivity contribution in [2.45, 2.75) is 54.8 Å². The Morgan fingerprint density at radius 3 is 2.77 bits per heavy atom. The zero-order valence-corrected chi connectivity index (χ0v) is 18.2. The number of thiophene rings is 1. The van der Waals surface area contributed by atoms with Crippen molar-refractivity contribution in [2.24, 2.45) is 0 Å². The first-order valence-electron chi connectivity index (χ1n) is 10.4. The summed E-state index contributed by atoms with van der Waals surface area (Å²) in [5.74, 6) is 0.885. The van der Waals surface area contributed by atoms with Gasteiger partial charge in [0.15, 0.2) is 11.0 Å². The summed E-state index contributed by atoms with van der Waals surface area (Å²) in [6.07, 6.45) is 4.41. The third-order valence-electron chi connectivity index (χ3n) is 5.36. The van der Waals surface area contributed by atoms with Crippen molar-refractivity contribution in [3.8, 4) is 10.7 Å². The number of hydrogen-bond donors (Lipinski definition) is 1. The van der Waals surface area contributed by atoms with E-state index in [1.54, 1.807) is 11.3 Å². The van der Waals surface area contributed by atoms with Gasteiger partial charge in [0.25, 0.3) is 0 Å². The molecule has 0 spiro atoms. The van der Waals surface area contributed by atoms with Crippen LogP contribution in [-0.4, -0.2) is 39.4 Å². The number of rotatable bonds is 8. The molecule has 6 nitrogen and oxygen atoms in total. The van der Waals surface area contributed by atoms with Crippen LogP contribution in [0.1, 0.15) is 36.5 Å². The smallest absolute Gasteiger partial charge is 0.238 e. The largest absolute Gasteiger partial charge is 0.376 e. The quantitative estimate of drug-likeness (QED) is 0.529. The maximum absolute atomic E-state index is 13.1. The summed E-state index contributed by atoms with van der Waals surface area (Å²) in [5.41, 5.74) is 0.977.